The lowest BCUT2D eigenvalue weighted by Crippen LogP contribution is -2.48. The van der Waals surface area contributed by atoms with E-state index in [9.17, 15) is 9.90 Å². The second-order valence-electron chi connectivity index (χ2n) is 6.34. The molecule has 0 aliphatic heterocycles. The third kappa shape index (κ3) is 5.31. The summed E-state index contributed by atoms with van der Waals surface area (Å²) in [5.74, 6) is 0. The minimum Gasteiger partial charge on any atom is -0.391 e. The van der Waals surface area contributed by atoms with Crippen LogP contribution in [-0.4, -0.2) is 42.3 Å². The number of nitrogens with zero attached hydrogens (tertiary/aromatic N) is 1. The normalized spacial score (nSPS) is 21.6. The number of amides is 2. The Morgan fingerprint density at radius 3 is 2.73 bits per heavy atom. The Bertz CT molecular complexity index is 491. The minimum atomic E-state index is -0.414. The zero-order chi connectivity index (χ0) is 15.9. The van der Waals surface area contributed by atoms with Gasteiger partial charge < -0.3 is 20.6 Å². The van der Waals surface area contributed by atoms with E-state index in [-0.39, 0.29) is 12.1 Å². The van der Waals surface area contributed by atoms with E-state index in [1.807, 2.05) is 26.2 Å². The molecule has 0 spiro atoms. The molecule has 2 atom stereocenters. The number of benzene rings is 1. The highest BCUT2D eigenvalue weighted by molar-refractivity contribution is 5.74. The second kappa shape index (κ2) is 8.15. The molecule has 2 amide bonds. The second-order valence-corrected chi connectivity index (χ2v) is 6.34. The molecule has 2 unspecified atom stereocenters. The summed E-state index contributed by atoms with van der Waals surface area (Å²) in [5.41, 5.74) is 2.31. The average Bonchev–Trinajstić information content (AvgIpc) is 2.47. The maximum absolute atomic E-state index is 12.0. The molecule has 1 aromatic rings. The molecule has 3 N–H and O–H groups in total. The lowest BCUT2D eigenvalue weighted by molar-refractivity contribution is 0.0943. The molecule has 0 aromatic heterocycles. The number of hydrogen-bond acceptors (Lipinski definition) is 3. The van der Waals surface area contributed by atoms with E-state index in [1.165, 1.54) is 5.56 Å². The van der Waals surface area contributed by atoms with Crippen LogP contribution >= 0.6 is 0 Å². The van der Waals surface area contributed by atoms with Gasteiger partial charge in [0.1, 0.15) is 0 Å². The zero-order valence-electron chi connectivity index (χ0n) is 13.5. The number of carbonyl (C=O) groups is 1. The Morgan fingerprint density at radius 1 is 1.27 bits per heavy atom. The van der Waals surface area contributed by atoms with Crippen molar-refractivity contribution < 1.29 is 9.90 Å². The monoisotopic (exact) mass is 305 g/mol. The Hall–Kier alpha value is -1.59. The van der Waals surface area contributed by atoms with E-state index in [1.54, 1.807) is 0 Å². The van der Waals surface area contributed by atoms with Gasteiger partial charge in [0, 0.05) is 13.1 Å². The predicted octanol–water partition coefficient (Wildman–Crippen LogP) is 1.85. The third-order valence-electron chi connectivity index (χ3n) is 3.99. The molecular weight excluding hydrogens is 278 g/mol. The van der Waals surface area contributed by atoms with Crippen molar-refractivity contribution in [1.82, 2.24) is 15.5 Å². The molecule has 2 rings (SSSR count). The van der Waals surface area contributed by atoms with Crippen molar-refractivity contribution in [3.05, 3.63) is 35.4 Å². The highest BCUT2D eigenvalue weighted by atomic mass is 16.3. The molecule has 22 heavy (non-hydrogen) atoms. The smallest absolute Gasteiger partial charge is 0.315 e. The summed E-state index contributed by atoms with van der Waals surface area (Å²) in [4.78, 5) is 14.1. The Kier molecular flexibility index (Phi) is 6.21. The molecule has 122 valence electrons. The van der Waals surface area contributed by atoms with Crippen LogP contribution in [0.1, 0.15) is 36.8 Å². The summed E-state index contributed by atoms with van der Waals surface area (Å²) in [7, 11) is 4.07. The molecule has 5 nitrogen and oxygen atoms in total. The number of aliphatic hydroxyl groups is 1. The lowest BCUT2D eigenvalue weighted by Gasteiger charge is -2.28. The molecule has 1 fully saturated rings. The molecular formula is C17H27N3O2. The van der Waals surface area contributed by atoms with E-state index >= 15 is 0 Å². The third-order valence-corrected chi connectivity index (χ3v) is 3.99. The first-order chi connectivity index (χ1) is 10.5. The summed E-state index contributed by atoms with van der Waals surface area (Å²) in [6.07, 6.45) is 3.32. The van der Waals surface area contributed by atoms with Crippen molar-refractivity contribution in [3.63, 3.8) is 0 Å². The van der Waals surface area contributed by atoms with Crippen molar-refractivity contribution in [3.8, 4) is 0 Å². The van der Waals surface area contributed by atoms with Crippen molar-refractivity contribution in [1.29, 1.82) is 0 Å². The first-order valence-electron chi connectivity index (χ1n) is 7.99. The van der Waals surface area contributed by atoms with Gasteiger partial charge in [0.2, 0.25) is 0 Å². The van der Waals surface area contributed by atoms with Crippen LogP contribution in [0.5, 0.6) is 0 Å². The molecule has 0 heterocycles. The number of nitrogens with one attached hydrogen (secondary N) is 2. The summed E-state index contributed by atoms with van der Waals surface area (Å²) in [5, 5.41) is 15.6. The molecule has 1 aliphatic rings. The van der Waals surface area contributed by atoms with E-state index in [4.69, 9.17) is 0 Å². The van der Waals surface area contributed by atoms with Crippen molar-refractivity contribution in [2.75, 3.05) is 14.1 Å². The molecule has 0 radical (unpaired) electrons. The molecule has 1 saturated carbocycles. The van der Waals surface area contributed by atoms with Gasteiger partial charge in [-0.2, -0.15) is 0 Å². The van der Waals surface area contributed by atoms with Gasteiger partial charge in [-0.1, -0.05) is 37.1 Å². The lowest BCUT2D eigenvalue weighted by atomic mass is 9.93. The van der Waals surface area contributed by atoms with Crippen molar-refractivity contribution >= 4 is 6.03 Å². The van der Waals surface area contributed by atoms with Crippen LogP contribution < -0.4 is 10.6 Å². The van der Waals surface area contributed by atoms with E-state index < -0.39 is 6.10 Å². The standard InChI is InChI=1S/C17H27N3O2/c1-20(2)12-14-7-5-6-13(10-14)11-18-17(22)19-15-8-3-4-9-16(15)21/h5-7,10,15-16,21H,3-4,8-9,11-12H2,1-2H3,(H2,18,19,22). The Balaban J connectivity index is 1.80. The van der Waals surface area contributed by atoms with Gasteiger partial charge in [0.25, 0.3) is 0 Å². The summed E-state index contributed by atoms with van der Waals surface area (Å²) < 4.78 is 0. The van der Waals surface area contributed by atoms with E-state index in [0.717, 1.165) is 37.8 Å². The predicted molar refractivity (Wildman–Crippen MR) is 87.5 cm³/mol. The minimum absolute atomic E-state index is 0.117. The first-order valence-corrected chi connectivity index (χ1v) is 7.99. The van der Waals surface area contributed by atoms with Gasteiger partial charge in [0.15, 0.2) is 0 Å². The summed E-state index contributed by atoms with van der Waals surface area (Å²) in [6.45, 7) is 1.38. The quantitative estimate of drug-likeness (QED) is 0.778. The molecule has 5 heteroatoms. The number of aliphatic hydroxyl groups excluding tert-OH is 1. The zero-order valence-corrected chi connectivity index (χ0v) is 13.5. The van der Waals surface area contributed by atoms with E-state index in [2.05, 4.69) is 27.7 Å². The maximum Gasteiger partial charge on any atom is 0.315 e. The van der Waals surface area contributed by atoms with Gasteiger partial charge in [-0.25, -0.2) is 4.79 Å². The van der Waals surface area contributed by atoms with Gasteiger partial charge in [-0.3, -0.25) is 0 Å². The van der Waals surface area contributed by atoms with Crippen molar-refractivity contribution in [2.24, 2.45) is 0 Å². The number of carbonyl (C=O) groups excluding carboxylic acids is 1. The van der Waals surface area contributed by atoms with Crippen LogP contribution in [0.2, 0.25) is 0 Å². The Morgan fingerprint density at radius 2 is 2.00 bits per heavy atom. The topological polar surface area (TPSA) is 64.6 Å². The largest absolute Gasteiger partial charge is 0.391 e. The van der Waals surface area contributed by atoms with Gasteiger partial charge in [-0.15, -0.1) is 0 Å². The summed E-state index contributed by atoms with van der Waals surface area (Å²) >= 11 is 0. The van der Waals surface area contributed by atoms with Crippen LogP contribution in [-0.2, 0) is 13.1 Å². The number of rotatable bonds is 5. The maximum atomic E-state index is 12.0. The van der Waals surface area contributed by atoms with Gasteiger partial charge in [-0.05, 0) is 38.1 Å². The summed E-state index contributed by atoms with van der Waals surface area (Å²) in [6, 6.07) is 7.89. The fourth-order valence-electron chi connectivity index (χ4n) is 2.88. The fourth-order valence-corrected chi connectivity index (χ4v) is 2.88. The number of urea groups is 1. The highest BCUT2D eigenvalue weighted by Gasteiger charge is 2.24. The first kappa shape index (κ1) is 16.8. The van der Waals surface area contributed by atoms with Crippen LogP contribution in [0, 0.1) is 0 Å². The SMILES string of the molecule is CN(C)Cc1cccc(CNC(=O)NC2CCCCC2O)c1. The number of hydrogen-bond donors (Lipinski definition) is 3. The van der Waals surface area contributed by atoms with Gasteiger partial charge >= 0.3 is 6.03 Å². The van der Waals surface area contributed by atoms with Crippen LogP contribution in [0.15, 0.2) is 24.3 Å². The molecule has 0 saturated heterocycles. The van der Waals surface area contributed by atoms with Crippen LogP contribution in [0.25, 0.3) is 0 Å². The van der Waals surface area contributed by atoms with Crippen LogP contribution in [0.3, 0.4) is 0 Å². The van der Waals surface area contributed by atoms with E-state index in [0.29, 0.717) is 6.54 Å². The molecule has 1 aliphatic carbocycles. The molecule has 0 bridgehead atoms. The Labute approximate surface area is 132 Å². The molecule has 1 aromatic carbocycles. The van der Waals surface area contributed by atoms with Crippen LogP contribution in [0.4, 0.5) is 4.79 Å². The average molecular weight is 305 g/mol. The van der Waals surface area contributed by atoms with Crippen molar-refractivity contribution in [2.45, 2.75) is 50.9 Å². The fraction of sp³-hybridized carbons (Fsp3) is 0.588. The van der Waals surface area contributed by atoms with Gasteiger partial charge in [0.05, 0.1) is 12.1 Å². The highest BCUT2D eigenvalue weighted by Crippen LogP contribution is 2.18.